The molecule has 2 N–H and O–H groups in total. The van der Waals surface area contributed by atoms with Gasteiger partial charge in [-0.15, -0.1) is 0 Å². The molecule has 0 saturated heterocycles. The highest BCUT2D eigenvalue weighted by atomic mass is 32.2. The summed E-state index contributed by atoms with van der Waals surface area (Å²) in [6.45, 7) is 4.95. The summed E-state index contributed by atoms with van der Waals surface area (Å²) in [5, 5.41) is 2.78. The Morgan fingerprint density at radius 3 is 2.57 bits per heavy atom. The quantitative estimate of drug-likeness (QED) is 0.717. The molecule has 0 aromatic heterocycles. The number of aliphatic imine (C=N–C) groups is 1. The van der Waals surface area contributed by atoms with Crippen molar-refractivity contribution in [1.29, 1.82) is 0 Å². The van der Waals surface area contributed by atoms with Crippen LogP contribution in [0.1, 0.15) is 55.5 Å². The molecule has 0 fully saturated rings. The number of sulfonamides is 1. The average Bonchev–Trinajstić information content (AvgIpc) is 2.96. The molecular weight excluding hydrogens is 398 g/mol. The molecule has 0 radical (unpaired) electrons. The molecule has 0 unspecified atom stereocenters. The van der Waals surface area contributed by atoms with Crippen molar-refractivity contribution in [2.45, 2.75) is 50.8 Å². The molecular formula is C23H29N3O3S. The van der Waals surface area contributed by atoms with Gasteiger partial charge in [0.1, 0.15) is 5.84 Å². The van der Waals surface area contributed by atoms with E-state index >= 15 is 0 Å². The number of amidine groups is 1. The van der Waals surface area contributed by atoms with E-state index in [0.29, 0.717) is 36.0 Å². The molecule has 6 nitrogen and oxygen atoms in total. The molecule has 1 aliphatic heterocycles. The van der Waals surface area contributed by atoms with Crippen LogP contribution in [0.4, 0.5) is 5.69 Å². The lowest BCUT2D eigenvalue weighted by atomic mass is 10.0. The zero-order chi connectivity index (χ0) is 21.6. The summed E-state index contributed by atoms with van der Waals surface area (Å²) in [6, 6.07) is 13.7. The van der Waals surface area contributed by atoms with Gasteiger partial charge in [0, 0.05) is 24.2 Å². The number of anilines is 1. The summed E-state index contributed by atoms with van der Waals surface area (Å²) in [6.07, 6.45) is 4.54. The Kier molecular flexibility index (Phi) is 7.26. The van der Waals surface area contributed by atoms with Crippen LogP contribution >= 0.6 is 0 Å². The van der Waals surface area contributed by atoms with Gasteiger partial charge in [0.15, 0.2) is 0 Å². The Hall–Kier alpha value is -2.67. The molecule has 0 atom stereocenters. The maximum atomic E-state index is 12.7. The predicted molar refractivity (Wildman–Crippen MR) is 120 cm³/mol. The number of nitrogens with zero attached hydrogens (tertiary/aromatic N) is 1. The fraction of sp³-hybridized carbons (Fsp3) is 0.391. The van der Waals surface area contributed by atoms with E-state index in [0.717, 1.165) is 25.7 Å². The van der Waals surface area contributed by atoms with Crippen LogP contribution in [0.25, 0.3) is 0 Å². The summed E-state index contributed by atoms with van der Waals surface area (Å²) < 4.78 is 28.1. The van der Waals surface area contributed by atoms with Crippen LogP contribution in [0.2, 0.25) is 0 Å². The third-order valence-corrected chi connectivity index (χ3v) is 6.27. The minimum Gasteiger partial charge on any atom is -0.322 e. The molecule has 1 aliphatic rings. The van der Waals surface area contributed by atoms with Crippen molar-refractivity contribution < 1.29 is 13.2 Å². The molecule has 30 heavy (non-hydrogen) atoms. The highest BCUT2D eigenvalue weighted by Gasteiger charge is 2.18. The van der Waals surface area contributed by atoms with Gasteiger partial charge in [-0.3, -0.25) is 14.5 Å². The molecule has 2 aromatic rings. The Morgan fingerprint density at radius 1 is 1.07 bits per heavy atom. The average molecular weight is 428 g/mol. The Morgan fingerprint density at radius 2 is 1.83 bits per heavy atom. The number of hydrogen-bond acceptors (Lipinski definition) is 4. The van der Waals surface area contributed by atoms with Crippen molar-refractivity contribution in [3.05, 3.63) is 59.7 Å². The molecule has 1 amide bonds. The van der Waals surface area contributed by atoms with Gasteiger partial charge < -0.3 is 5.32 Å². The van der Waals surface area contributed by atoms with E-state index in [2.05, 4.69) is 28.9 Å². The van der Waals surface area contributed by atoms with Gasteiger partial charge in [-0.05, 0) is 61.1 Å². The highest BCUT2D eigenvalue weighted by Crippen LogP contribution is 2.18. The minimum absolute atomic E-state index is 0.0968. The maximum Gasteiger partial charge on any atom is 0.262 e. The normalized spacial score (nSPS) is 14.7. The zero-order valence-electron chi connectivity index (χ0n) is 17.5. The second-order valence-corrected chi connectivity index (χ2v) is 9.70. The number of nitrogens with one attached hydrogen (secondary N) is 2. The fourth-order valence-electron chi connectivity index (χ4n) is 3.38. The van der Waals surface area contributed by atoms with Crippen LogP contribution in [0.3, 0.4) is 0 Å². The number of amides is 1. The second-order valence-electron chi connectivity index (χ2n) is 8.02. The van der Waals surface area contributed by atoms with Crippen LogP contribution < -0.4 is 10.0 Å². The van der Waals surface area contributed by atoms with Crippen molar-refractivity contribution in [2.75, 3.05) is 11.9 Å². The summed E-state index contributed by atoms with van der Waals surface area (Å²) >= 11 is 0. The predicted octanol–water partition coefficient (Wildman–Crippen LogP) is 4.39. The molecule has 0 bridgehead atoms. The van der Waals surface area contributed by atoms with Gasteiger partial charge in [0.05, 0.1) is 4.90 Å². The standard InChI is InChI=1S/C23H29N3O3S/c1-17(2)15-18-10-12-19(13-11-18)23(27)25-20-7-6-8-21(16-20)30(28,29)26-22-9-4-3-5-14-24-22/h6-8,10-13,16-17H,3-5,9,14-15H2,1-2H3,(H,24,26)(H,25,27). The number of hydrogen-bond donors (Lipinski definition) is 2. The SMILES string of the molecule is CC(C)Cc1ccc(C(=O)Nc2cccc(S(=O)(=O)NC3=NCCCCC3)c2)cc1. The zero-order valence-corrected chi connectivity index (χ0v) is 18.3. The first-order valence-electron chi connectivity index (χ1n) is 10.4. The lowest BCUT2D eigenvalue weighted by Gasteiger charge is -2.12. The molecule has 0 spiro atoms. The van der Waals surface area contributed by atoms with Gasteiger partial charge in [-0.2, -0.15) is 0 Å². The van der Waals surface area contributed by atoms with Gasteiger partial charge >= 0.3 is 0 Å². The third-order valence-electron chi connectivity index (χ3n) is 4.89. The molecule has 1 heterocycles. The van der Waals surface area contributed by atoms with E-state index in [4.69, 9.17) is 0 Å². The molecule has 160 valence electrons. The monoisotopic (exact) mass is 427 g/mol. The van der Waals surface area contributed by atoms with Crippen molar-refractivity contribution >= 4 is 27.5 Å². The molecule has 2 aromatic carbocycles. The van der Waals surface area contributed by atoms with Crippen molar-refractivity contribution in [3.63, 3.8) is 0 Å². The first-order chi connectivity index (χ1) is 14.3. The number of carbonyl (C=O) groups is 1. The second kappa shape index (κ2) is 9.89. The van der Waals surface area contributed by atoms with Crippen molar-refractivity contribution in [2.24, 2.45) is 10.9 Å². The molecule has 7 heteroatoms. The maximum absolute atomic E-state index is 12.7. The van der Waals surface area contributed by atoms with Crippen LogP contribution in [0, 0.1) is 5.92 Å². The highest BCUT2D eigenvalue weighted by molar-refractivity contribution is 7.90. The van der Waals surface area contributed by atoms with E-state index in [1.807, 2.05) is 12.1 Å². The van der Waals surface area contributed by atoms with Crippen LogP contribution in [-0.2, 0) is 16.4 Å². The largest absolute Gasteiger partial charge is 0.322 e. The van der Waals surface area contributed by atoms with Gasteiger partial charge in [0.25, 0.3) is 15.9 Å². The topological polar surface area (TPSA) is 87.6 Å². The summed E-state index contributed by atoms with van der Waals surface area (Å²) in [5.41, 5.74) is 2.14. The van der Waals surface area contributed by atoms with Crippen molar-refractivity contribution in [3.8, 4) is 0 Å². The number of rotatable bonds is 6. The lowest BCUT2D eigenvalue weighted by molar-refractivity contribution is 0.102. The summed E-state index contributed by atoms with van der Waals surface area (Å²) in [7, 11) is -3.75. The smallest absolute Gasteiger partial charge is 0.262 e. The first-order valence-corrected chi connectivity index (χ1v) is 11.9. The van der Waals surface area contributed by atoms with E-state index in [-0.39, 0.29) is 10.8 Å². The van der Waals surface area contributed by atoms with E-state index in [9.17, 15) is 13.2 Å². The number of benzene rings is 2. The lowest BCUT2D eigenvalue weighted by Crippen LogP contribution is -2.30. The van der Waals surface area contributed by atoms with Crippen LogP contribution in [0.15, 0.2) is 58.4 Å². The van der Waals surface area contributed by atoms with Crippen LogP contribution in [-0.4, -0.2) is 26.7 Å². The minimum atomic E-state index is -3.75. The Balaban J connectivity index is 1.70. The van der Waals surface area contributed by atoms with Crippen molar-refractivity contribution in [1.82, 2.24) is 4.72 Å². The summed E-state index contributed by atoms with van der Waals surface area (Å²) in [5.74, 6) is 0.775. The van der Waals surface area contributed by atoms with E-state index in [1.54, 1.807) is 24.3 Å². The summed E-state index contributed by atoms with van der Waals surface area (Å²) in [4.78, 5) is 17.0. The van der Waals surface area contributed by atoms with Crippen LogP contribution in [0.5, 0.6) is 0 Å². The molecule has 0 saturated carbocycles. The molecule has 0 aliphatic carbocycles. The molecule has 3 rings (SSSR count). The van der Waals surface area contributed by atoms with E-state index < -0.39 is 10.0 Å². The fourth-order valence-corrected chi connectivity index (χ4v) is 4.51. The van der Waals surface area contributed by atoms with Gasteiger partial charge in [-0.1, -0.05) is 38.5 Å². The third kappa shape index (κ3) is 6.16. The van der Waals surface area contributed by atoms with Gasteiger partial charge in [0.2, 0.25) is 0 Å². The Bertz CT molecular complexity index is 1010. The van der Waals surface area contributed by atoms with Gasteiger partial charge in [-0.25, -0.2) is 8.42 Å². The van der Waals surface area contributed by atoms with E-state index in [1.165, 1.54) is 17.7 Å². The Labute approximate surface area is 178 Å². The number of carbonyl (C=O) groups excluding carboxylic acids is 1. The first kappa shape index (κ1) is 22.0.